The molecule has 4 aromatic rings. The van der Waals surface area contributed by atoms with Crippen molar-refractivity contribution < 1.29 is 19.3 Å². The van der Waals surface area contributed by atoms with E-state index in [1.165, 1.54) is 0 Å². The summed E-state index contributed by atoms with van der Waals surface area (Å²) in [6, 6.07) is 9.58. The maximum atomic E-state index is 12.5. The predicted molar refractivity (Wildman–Crippen MR) is 117 cm³/mol. The Morgan fingerprint density at radius 3 is 2.66 bits per heavy atom. The van der Waals surface area contributed by atoms with Crippen molar-refractivity contribution in [3.8, 4) is 11.4 Å². The first-order valence-electron chi connectivity index (χ1n) is 10.1. The summed E-state index contributed by atoms with van der Waals surface area (Å²) < 4.78 is 5.92. The molecule has 10 nitrogen and oxygen atoms in total. The molecule has 2 N–H and O–H groups in total. The van der Waals surface area contributed by atoms with E-state index in [1.807, 2.05) is 69.8 Å². The van der Waals surface area contributed by atoms with Gasteiger partial charge < -0.3 is 20.5 Å². The average Bonchev–Trinajstić information content (AvgIpc) is 3.45. The summed E-state index contributed by atoms with van der Waals surface area (Å²) in [7, 11) is 1.89. The molecule has 0 fully saturated rings. The number of carbonyl (C=O) groups excluding carboxylic acids is 2. The number of pyridine rings is 2. The van der Waals surface area contributed by atoms with E-state index in [-0.39, 0.29) is 5.91 Å². The van der Waals surface area contributed by atoms with Crippen LogP contribution >= 0.6 is 0 Å². The highest BCUT2D eigenvalue weighted by molar-refractivity contribution is 5.95. The van der Waals surface area contributed by atoms with Crippen LogP contribution in [0.4, 0.5) is 5.69 Å². The second kappa shape index (κ2) is 10.7. The summed E-state index contributed by atoms with van der Waals surface area (Å²) in [6.07, 6.45) is 9.44. The summed E-state index contributed by atoms with van der Waals surface area (Å²) in [5, 5.41) is 18.6. The number of amides is 1. The second-order valence-electron chi connectivity index (χ2n) is 6.75. The van der Waals surface area contributed by atoms with Gasteiger partial charge in [0.15, 0.2) is 18.9 Å². The number of nitrogens with zero attached hydrogens (tertiary/aromatic N) is 5. The number of carboxylic acid groups (broad SMARTS) is 1. The van der Waals surface area contributed by atoms with Gasteiger partial charge in [0.1, 0.15) is 5.65 Å². The lowest BCUT2D eigenvalue weighted by Gasteiger charge is -2.07. The number of rotatable bonds is 7. The first-order valence-corrected chi connectivity index (χ1v) is 10.1. The van der Waals surface area contributed by atoms with E-state index in [0.29, 0.717) is 18.7 Å². The smallest absolute Gasteiger partial charge is 0.251 e. The summed E-state index contributed by atoms with van der Waals surface area (Å²) in [6.45, 7) is 3.58. The number of anilines is 1. The van der Waals surface area contributed by atoms with E-state index in [1.54, 1.807) is 12.3 Å². The second-order valence-corrected chi connectivity index (χ2v) is 6.75. The number of aromatic nitrogens is 5. The van der Waals surface area contributed by atoms with E-state index >= 15 is 0 Å². The Hall–Kier alpha value is -4.21. The minimum Gasteiger partial charge on any atom is -0.554 e. The van der Waals surface area contributed by atoms with Gasteiger partial charge in [-0.05, 0) is 25.1 Å². The molecule has 0 saturated carbocycles. The van der Waals surface area contributed by atoms with Crippen LogP contribution in [0.15, 0.2) is 61.3 Å². The Kier molecular flexibility index (Phi) is 7.52. The van der Waals surface area contributed by atoms with E-state index in [9.17, 15) is 4.79 Å². The standard InChI is InChI=1S/C21H23N7O.CH2O2/c1-3-28-18(4-8-25-28)19-15-24-20-14-16(5-12-27(19)20)21(29)23-9-13-26-10-6-17(22-2)7-11-26;2-1-3/h4-8,10-12,14-15H,3,9,13H2,1-2H3,(H,23,29);1H,(H,2,3). The normalized spacial score (nSPS) is 10.3. The van der Waals surface area contributed by atoms with Crippen LogP contribution in [-0.2, 0) is 17.9 Å². The lowest BCUT2D eigenvalue weighted by atomic mass is 10.2. The summed E-state index contributed by atoms with van der Waals surface area (Å²) >= 11 is 0. The molecule has 166 valence electrons. The fraction of sp³-hybridized carbons (Fsp3) is 0.227. The average molecular weight is 435 g/mol. The zero-order chi connectivity index (χ0) is 22.9. The Morgan fingerprint density at radius 2 is 1.97 bits per heavy atom. The molecule has 4 heterocycles. The molecule has 4 rings (SSSR count). The van der Waals surface area contributed by atoms with Gasteiger partial charge in [-0.1, -0.05) is 0 Å². The van der Waals surface area contributed by atoms with Crippen molar-refractivity contribution >= 4 is 23.7 Å². The fourth-order valence-electron chi connectivity index (χ4n) is 3.29. The van der Waals surface area contributed by atoms with Gasteiger partial charge in [-0.15, -0.1) is 0 Å². The fourth-order valence-corrected chi connectivity index (χ4v) is 3.29. The van der Waals surface area contributed by atoms with Crippen LogP contribution in [0.5, 0.6) is 0 Å². The minimum atomic E-state index is -0.500. The molecule has 10 heteroatoms. The lowest BCUT2D eigenvalue weighted by Crippen LogP contribution is -2.40. The van der Waals surface area contributed by atoms with E-state index < -0.39 is 6.47 Å². The maximum Gasteiger partial charge on any atom is 0.251 e. The van der Waals surface area contributed by atoms with Crippen LogP contribution in [0, 0.1) is 0 Å². The maximum absolute atomic E-state index is 12.5. The summed E-state index contributed by atoms with van der Waals surface area (Å²) in [5.74, 6) is -0.108. The lowest BCUT2D eigenvalue weighted by molar-refractivity contribution is -0.694. The molecule has 0 bridgehead atoms. The van der Waals surface area contributed by atoms with Gasteiger partial charge in [0, 0.05) is 55.8 Å². The molecule has 0 radical (unpaired) electrons. The zero-order valence-electron chi connectivity index (χ0n) is 17.9. The molecule has 1 amide bonds. The number of hydrogen-bond acceptors (Lipinski definition) is 6. The van der Waals surface area contributed by atoms with Crippen LogP contribution in [0.3, 0.4) is 0 Å². The summed E-state index contributed by atoms with van der Waals surface area (Å²) in [5.41, 5.74) is 4.33. The van der Waals surface area contributed by atoms with E-state index in [0.717, 1.165) is 29.3 Å². The predicted octanol–water partition coefficient (Wildman–Crippen LogP) is 0.343. The highest BCUT2D eigenvalue weighted by atomic mass is 16.3. The molecule has 0 atom stereocenters. The molecule has 32 heavy (non-hydrogen) atoms. The van der Waals surface area contributed by atoms with Crippen LogP contribution in [-0.4, -0.2) is 45.1 Å². The Labute approximate surface area is 185 Å². The van der Waals surface area contributed by atoms with Gasteiger partial charge in [-0.3, -0.25) is 13.9 Å². The molecule has 4 aromatic heterocycles. The van der Waals surface area contributed by atoms with E-state index in [2.05, 4.69) is 27.6 Å². The van der Waals surface area contributed by atoms with Crippen LogP contribution in [0.1, 0.15) is 17.3 Å². The Bertz CT molecular complexity index is 1180. The molecule has 0 saturated heterocycles. The molecular weight excluding hydrogens is 410 g/mol. The van der Waals surface area contributed by atoms with Crippen molar-refractivity contribution in [1.82, 2.24) is 24.5 Å². The van der Waals surface area contributed by atoms with Crippen LogP contribution in [0.25, 0.3) is 17.0 Å². The van der Waals surface area contributed by atoms with Gasteiger partial charge in [-0.25, -0.2) is 9.55 Å². The largest absolute Gasteiger partial charge is 0.554 e. The van der Waals surface area contributed by atoms with Crippen molar-refractivity contribution in [2.24, 2.45) is 0 Å². The molecule has 0 unspecified atom stereocenters. The van der Waals surface area contributed by atoms with Gasteiger partial charge in [0.2, 0.25) is 0 Å². The molecule has 0 aliphatic heterocycles. The number of imidazole rings is 1. The molecule has 0 spiro atoms. The van der Waals surface area contributed by atoms with Gasteiger partial charge in [0.25, 0.3) is 5.91 Å². The SMILES string of the molecule is CCn1nccc1-c1cnc2cc(C(=O)NCC[n+]3ccc(NC)cc3)ccn12.O=C[O-]. The number of hydrogen-bond donors (Lipinski definition) is 2. The van der Waals surface area contributed by atoms with Gasteiger partial charge in [0.05, 0.1) is 24.1 Å². The first-order chi connectivity index (χ1) is 15.6. The van der Waals surface area contributed by atoms with Crippen molar-refractivity contribution in [3.63, 3.8) is 0 Å². The van der Waals surface area contributed by atoms with Crippen LogP contribution < -0.4 is 20.3 Å². The molecule has 0 aliphatic rings. The zero-order valence-corrected chi connectivity index (χ0v) is 17.9. The molecular formula is C22H25N7O3. The highest BCUT2D eigenvalue weighted by Crippen LogP contribution is 2.21. The Morgan fingerprint density at radius 1 is 1.22 bits per heavy atom. The third-order valence-electron chi connectivity index (χ3n) is 4.89. The topological polar surface area (TPSA) is 120 Å². The van der Waals surface area contributed by atoms with Crippen LogP contribution in [0.2, 0.25) is 0 Å². The van der Waals surface area contributed by atoms with Crippen molar-refractivity contribution in [3.05, 3.63) is 66.9 Å². The van der Waals surface area contributed by atoms with Crippen molar-refractivity contribution in [1.29, 1.82) is 0 Å². The van der Waals surface area contributed by atoms with Gasteiger partial charge >= 0.3 is 0 Å². The minimum absolute atomic E-state index is 0.108. The van der Waals surface area contributed by atoms with E-state index in [4.69, 9.17) is 9.90 Å². The van der Waals surface area contributed by atoms with Crippen molar-refractivity contribution in [2.45, 2.75) is 20.0 Å². The third-order valence-corrected chi connectivity index (χ3v) is 4.89. The number of nitrogens with one attached hydrogen (secondary N) is 2. The third kappa shape index (κ3) is 5.09. The summed E-state index contributed by atoms with van der Waals surface area (Å²) in [4.78, 5) is 25.3. The number of aryl methyl sites for hydroxylation is 1. The molecule has 0 aliphatic carbocycles. The quantitative estimate of drug-likeness (QED) is 0.319. The van der Waals surface area contributed by atoms with Crippen molar-refractivity contribution in [2.75, 3.05) is 18.9 Å². The first kappa shape index (κ1) is 22.5. The Balaban J connectivity index is 0.000000913. The monoisotopic (exact) mass is 435 g/mol. The highest BCUT2D eigenvalue weighted by Gasteiger charge is 2.13. The number of carbonyl (C=O) groups is 2. The molecule has 0 aromatic carbocycles. The number of fused-ring (bicyclic) bond motifs is 1. The van der Waals surface area contributed by atoms with Gasteiger partial charge in [-0.2, -0.15) is 5.10 Å².